The molecule has 3 rings (SSSR count). The molecular weight excluding hydrogens is 276 g/mol. The lowest BCUT2D eigenvalue weighted by molar-refractivity contribution is -0.150. The third-order valence-corrected chi connectivity index (χ3v) is 4.31. The van der Waals surface area contributed by atoms with Gasteiger partial charge >= 0.3 is 5.97 Å². The van der Waals surface area contributed by atoms with E-state index in [2.05, 4.69) is 24.3 Å². The van der Waals surface area contributed by atoms with Gasteiger partial charge in [-0.25, -0.2) is 4.79 Å². The Morgan fingerprint density at radius 3 is 2.05 bits per heavy atom. The van der Waals surface area contributed by atoms with E-state index in [0.29, 0.717) is 6.42 Å². The first-order chi connectivity index (χ1) is 10.5. The quantitative estimate of drug-likeness (QED) is 0.670. The molecule has 0 spiro atoms. The summed E-state index contributed by atoms with van der Waals surface area (Å²) in [4.78, 5) is 12.0. The molecule has 0 atom stereocenters. The zero-order valence-corrected chi connectivity index (χ0v) is 12.6. The molecule has 0 saturated heterocycles. The molecule has 4 N–H and O–H groups in total. The number of rotatable bonds is 4. The molecule has 0 heterocycles. The number of hydrogen-bond acceptors (Lipinski definition) is 4. The summed E-state index contributed by atoms with van der Waals surface area (Å²) < 4.78 is 5.41. The Bertz CT molecular complexity index is 664. The topological polar surface area (TPSA) is 78.3 Å². The highest BCUT2D eigenvalue weighted by molar-refractivity contribution is 5.81. The van der Waals surface area contributed by atoms with Gasteiger partial charge in [-0.1, -0.05) is 55.5 Å². The zero-order valence-electron chi connectivity index (χ0n) is 12.6. The molecule has 0 saturated carbocycles. The summed E-state index contributed by atoms with van der Waals surface area (Å²) in [5.41, 5.74) is 14.8. The summed E-state index contributed by atoms with van der Waals surface area (Å²) in [6.45, 7) is 2.02. The molecule has 0 aliphatic heterocycles. The van der Waals surface area contributed by atoms with Gasteiger partial charge in [0.1, 0.15) is 6.61 Å². The van der Waals surface area contributed by atoms with Crippen molar-refractivity contribution in [3.63, 3.8) is 0 Å². The van der Waals surface area contributed by atoms with Crippen LogP contribution in [0.15, 0.2) is 48.5 Å². The number of nitrogens with two attached hydrogens (primary N) is 2. The average molecular weight is 296 g/mol. The maximum atomic E-state index is 12.0. The van der Waals surface area contributed by atoms with Gasteiger partial charge in [0.25, 0.3) is 0 Å². The Morgan fingerprint density at radius 2 is 1.55 bits per heavy atom. The summed E-state index contributed by atoms with van der Waals surface area (Å²) in [5.74, 6) is -0.527. The van der Waals surface area contributed by atoms with Gasteiger partial charge in [-0.15, -0.1) is 0 Å². The SMILES string of the molecule is CCC(N)(N)C(=O)OCC1c2ccccc2-c2ccccc21. The minimum Gasteiger partial charge on any atom is -0.462 e. The predicted molar refractivity (Wildman–Crippen MR) is 86.1 cm³/mol. The molecule has 4 nitrogen and oxygen atoms in total. The van der Waals surface area contributed by atoms with Crippen LogP contribution in [0.1, 0.15) is 30.4 Å². The first kappa shape index (κ1) is 14.8. The van der Waals surface area contributed by atoms with E-state index in [1.165, 1.54) is 22.3 Å². The van der Waals surface area contributed by atoms with Crippen LogP contribution in [0.3, 0.4) is 0 Å². The van der Waals surface area contributed by atoms with Crippen LogP contribution in [0.2, 0.25) is 0 Å². The zero-order chi connectivity index (χ0) is 15.7. The van der Waals surface area contributed by atoms with Gasteiger partial charge in [0.15, 0.2) is 5.66 Å². The molecule has 114 valence electrons. The molecule has 0 amide bonds. The summed E-state index contributed by atoms with van der Waals surface area (Å²) in [7, 11) is 0. The number of benzene rings is 2. The molecule has 0 fully saturated rings. The first-order valence-electron chi connectivity index (χ1n) is 7.48. The van der Waals surface area contributed by atoms with Crippen LogP contribution >= 0.6 is 0 Å². The first-order valence-corrected chi connectivity index (χ1v) is 7.48. The molecule has 2 aromatic rings. The lowest BCUT2D eigenvalue weighted by atomic mass is 9.98. The Balaban J connectivity index is 1.87. The van der Waals surface area contributed by atoms with Crippen molar-refractivity contribution in [3.8, 4) is 11.1 Å². The summed E-state index contributed by atoms with van der Waals surface area (Å²) >= 11 is 0. The lowest BCUT2D eigenvalue weighted by Crippen LogP contribution is -2.56. The highest BCUT2D eigenvalue weighted by Gasteiger charge is 2.32. The van der Waals surface area contributed by atoms with Crippen LogP contribution < -0.4 is 11.5 Å². The van der Waals surface area contributed by atoms with E-state index < -0.39 is 11.6 Å². The predicted octanol–water partition coefficient (Wildman–Crippen LogP) is 2.37. The Kier molecular flexibility index (Phi) is 3.72. The fourth-order valence-corrected chi connectivity index (χ4v) is 2.88. The van der Waals surface area contributed by atoms with E-state index >= 15 is 0 Å². The molecular formula is C18H20N2O2. The molecule has 22 heavy (non-hydrogen) atoms. The second-order valence-corrected chi connectivity index (χ2v) is 5.72. The summed E-state index contributed by atoms with van der Waals surface area (Å²) in [6, 6.07) is 16.4. The van der Waals surface area contributed by atoms with E-state index in [1.54, 1.807) is 6.92 Å². The molecule has 1 aliphatic carbocycles. The van der Waals surface area contributed by atoms with E-state index in [-0.39, 0.29) is 12.5 Å². The Hall–Kier alpha value is -2.17. The summed E-state index contributed by atoms with van der Waals surface area (Å²) in [6.07, 6.45) is 0.337. The maximum absolute atomic E-state index is 12.0. The summed E-state index contributed by atoms with van der Waals surface area (Å²) in [5, 5.41) is 0. The second kappa shape index (κ2) is 5.55. The minimum atomic E-state index is -1.42. The molecule has 0 aromatic heterocycles. The molecule has 1 aliphatic rings. The highest BCUT2D eigenvalue weighted by Crippen LogP contribution is 2.44. The largest absolute Gasteiger partial charge is 0.462 e. The van der Waals surface area contributed by atoms with Crippen molar-refractivity contribution in [2.24, 2.45) is 11.5 Å². The van der Waals surface area contributed by atoms with Crippen molar-refractivity contribution in [1.82, 2.24) is 0 Å². The van der Waals surface area contributed by atoms with Gasteiger partial charge in [-0.3, -0.25) is 0 Å². The van der Waals surface area contributed by atoms with Crippen molar-refractivity contribution < 1.29 is 9.53 Å². The highest BCUT2D eigenvalue weighted by atomic mass is 16.5. The number of ether oxygens (including phenoxy) is 1. The molecule has 0 bridgehead atoms. The normalized spacial score (nSPS) is 13.6. The average Bonchev–Trinajstić information content (AvgIpc) is 2.87. The van der Waals surface area contributed by atoms with Crippen LogP contribution in [-0.2, 0) is 9.53 Å². The fraction of sp³-hybridized carbons (Fsp3) is 0.278. The van der Waals surface area contributed by atoms with E-state index in [1.807, 2.05) is 24.3 Å². The van der Waals surface area contributed by atoms with Gasteiger partial charge in [-0.2, -0.15) is 0 Å². The van der Waals surface area contributed by atoms with Gasteiger partial charge in [0, 0.05) is 5.92 Å². The van der Waals surface area contributed by atoms with E-state index in [0.717, 1.165) is 0 Å². The van der Waals surface area contributed by atoms with Crippen molar-refractivity contribution >= 4 is 5.97 Å². The molecule has 0 radical (unpaired) electrons. The van der Waals surface area contributed by atoms with Crippen LogP contribution in [0.4, 0.5) is 0 Å². The van der Waals surface area contributed by atoms with Gasteiger partial charge < -0.3 is 16.2 Å². The number of esters is 1. The number of hydrogen-bond donors (Lipinski definition) is 2. The van der Waals surface area contributed by atoms with E-state index in [9.17, 15) is 4.79 Å². The van der Waals surface area contributed by atoms with Crippen LogP contribution in [0.5, 0.6) is 0 Å². The molecule has 0 unspecified atom stereocenters. The minimum absolute atomic E-state index is 0.0315. The smallest absolute Gasteiger partial charge is 0.340 e. The van der Waals surface area contributed by atoms with Crippen molar-refractivity contribution in [1.29, 1.82) is 0 Å². The number of fused-ring (bicyclic) bond motifs is 3. The van der Waals surface area contributed by atoms with Gasteiger partial charge in [0.2, 0.25) is 0 Å². The van der Waals surface area contributed by atoms with Crippen molar-refractivity contribution in [2.45, 2.75) is 24.9 Å². The van der Waals surface area contributed by atoms with E-state index in [4.69, 9.17) is 16.2 Å². The third kappa shape index (κ3) is 2.40. The fourth-order valence-electron chi connectivity index (χ4n) is 2.88. The molecule has 4 heteroatoms. The second-order valence-electron chi connectivity index (χ2n) is 5.72. The van der Waals surface area contributed by atoms with Gasteiger partial charge in [-0.05, 0) is 28.7 Å². The van der Waals surface area contributed by atoms with Gasteiger partial charge in [0.05, 0.1) is 0 Å². The molecule has 2 aromatic carbocycles. The number of carbonyl (C=O) groups is 1. The lowest BCUT2D eigenvalue weighted by Gasteiger charge is -2.22. The number of carbonyl (C=O) groups excluding carboxylic acids is 1. The van der Waals surface area contributed by atoms with Crippen LogP contribution in [0.25, 0.3) is 11.1 Å². The van der Waals surface area contributed by atoms with Crippen LogP contribution in [0, 0.1) is 0 Å². The standard InChI is InChI=1S/C18H20N2O2/c1-2-18(19,20)17(21)22-11-16-14-9-5-3-7-12(14)13-8-4-6-10-15(13)16/h3-10,16H,2,11,19-20H2,1H3. The maximum Gasteiger partial charge on any atom is 0.340 e. The van der Waals surface area contributed by atoms with Crippen molar-refractivity contribution in [3.05, 3.63) is 59.7 Å². The van der Waals surface area contributed by atoms with Crippen LogP contribution in [-0.4, -0.2) is 18.2 Å². The Labute approximate surface area is 130 Å². The monoisotopic (exact) mass is 296 g/mol. The third-order valence-electron chi connectivity index (χ3n) is 4.31. The van der Waals surface area contributed by atoms with Crippen molar-refractivity contribution in [2.75, 3.05) is 6.61 Å². The Morgan fingerprint density at radius 1 is 1.05 bits per heavy atom.